The molecule has 1 fully saturated rings. The molecule has 1 aliphatic rings. The Morgan fingerprint density at radius 3 is 3.07 bits per heavy atom. The Morgan fingerprint density at radius 2 is 2.36 bits per heavy atom. The van der Waals surface area contributed by atoms with Crippen molar-refractivity contribution in [2.45, 2.75) is 32.2 Å². The number of hydrogen-bond acceptors (Lipinski definition) is 2. The second-order valence-corrected chi connectivity index (χ2v) is 4.25. The maximum atomic E-state index is 6.08. The topological polar surface area (TPSA) is 24.9 Å². The predicted molar refractivity (Wildman–Crippen MR) is 58.6 cm³/mol. The number of rotatable bonds is 1. The summed E-state index contributed by atoms with van der Waals surface area (Å²) >= 11 is 6.08. The van der Waals surface area contributed by atoms with Crippen LogP contribution in [-0.2, 0) is 0 Å². The van der Waals surface area contributed by atoms with Gasteiger partial charge in [-0.1, -0.05) is 18.0 Å². The van der Waals surface area contributed by atoms with Crippen molar-refractivity contribution in [1.29, 1.82) is 0 Å². The van der Waals surface area contributed by atoms with Crippen LogP contribution in [0.25, 0.3) is 0 Å². The van der Waals surface area contributed by atoms with E-state index in [0.717, 1.165) is 12.1 Å². The Bertz CT molecular complexity index is 319. The fraction of sp³-hybridized carbons (Fsp3) is 0.545. The largest absolute Gasteiger partial charge is 0.310 e. The first kappa shape index (κ1) is 9.94. The van der Waals surface area contributed by atoms with Crippen LogP contribution in [-0.4, -0.2) is 11.5 Å². The van der Waals surface area contributed by atoms with Crippen molar-refractivity contribution >= 4 is 11.6 Å². The van der Waals surface area contributed by atoms with Gasteiger partial charge in [0.05, 0.1) is 0 Å². The Kier molecular flexibility index (Phi) is 3.04. The van der Waals surface area contributed by atoms with Gasteiger partial charge in [0.15, 0.2) is 0 Å². The molecular weight excluding hydrogens is 196 g/mol. The van der Waals surface area contributed by atoms with Crippen LogP contribution in [0.15, 0.2) is 12.3 Å². The van der Waals surface area contributed by atoms with E-state index in [0.29, 0.717) is 11.2 Å². The highest BCUT2D eigenvalue weighted by Crippen LogP contribution is 2.27. The number of pyridine rings is 1. The number of aromatic nitrogens is 1. The zero-order chi connectivity index (χ0) is 9.97. The number of nitrogens with one attached hydrogen (secondary N) is 1. The molecule has 0 aliphatic carbocycles. The summed E-state index contributed by atoms with van der Waals surface area (Å²) in [5, 5.41) is 4.13. The van der Waals surface area contributed by atoms with Crippen molar-refractivity contribution in [1.82, 2.24) is 10.3 Å². The monoisotopic (exact) mass is 210 g/mol. The fourth-order valence-corrected chi connectivity index (χ4v) is 2.17. The summed E-state index contributed by atoms with van der Waals surface area (Å²) in [6.45, 7) is 3.14. The van der Waals surface area contributed by atoms with Gasteiger partial charge in [-0.25, -0.2) is 4.98 Å². The van der Waals surface area contributed by atoms with E-state index in [9.17, 15) is 0 Å². The van der Waals surface area contributed by atoms with Gasteiger partial charge in [0.2, 0.25) is 0 Å². The molecular formula is C11H15ClN2. The van der Waals surface area contributed by atoms with Gasteiger partial charge in [0.1, 0.15) is 5.15 Å². The number of piperidine rings is 1. The van der Waals surface area contributed by atoms with Crippen molar-refractivity contribution < 1.29 is 0 Å². The molecule has 2 rings (SSSR count). The summed E-state index contributed by atoms with van der Waals surface area (Å²) in [7, 11) is 0. The third-order valence-electron chi connectivity index (χ3n) is 2.69. The minimum absolute atomic E-state index is 0.406. The molecule has 1 aromatic heterocycles. The molecule has 0 bridgehead atoms. The number of halogens is 1. The Balaban J connectivity index is 2.24. The molecule has 1 aromatic rings. The van der Waals surface area contributed by atoms with E-state index in [-0.39, 0.29) is 0 Å². The lowest BCUT2D eigenvalue weighted by molar-refractivity contribution is 0.411. The number of nitrogens with zero attached hydrogens (tertiary/aromatic N) is 1. The first-order valence-corrected chi connectivity index (χ1v) is 5.50. The lowest BCUT2D eigenvalue weighted by Gasteiger charge is -2.24. The average molecular weight is 211 g/mol. The maximum Gasteiger partial charge on any atom is 0.133 e. The normalized spacial score (nSPS) is 22.3. The maximum absolute atomic E-state index is 6.08. The quantitative estimate of drug-likeness (QED) is 0.722. The zero-order valence-electron chi connectivity index (χ0n) is 8.39. The second-order valence-electron chi connectivity index (χ2n) is 3.90. The van der Waals surface area contributed by atoms with Gasteiger partial charge >= 0.3 is 0 Å². The lowest BCUT2D eigenvalue weighted by atomic mass is 9.98. The van der Waals surface area contributed by atoms with E-state index in [4.69, 9.17) is 11.6 Å². The molecule has 2 nitrogen and oxygen atoms in total. The molecule has 1 saturated heterocycles. The van der Waals surface area contributed by atoms with Crippen molar-refractivity contribution in [3.05, 3.63) is 28.5 Å². The molecule has 0 radical (unpaired) electrons. The molecule has 0 saturated carbocycles. The molecule has 0 amide bonds. The van der Waals surface area contributed by atoms with Crippen LogP contribution in [0, 0.1) is 6.92 Å². The summed E-state index contributed by atoms with van der Waals surface area (Å²) in [4.78, 5) is 4.18. The molecule has 0 aromatic carbocycles. The van der Waals surface area contributed by atoms with E-state index >= 15 is 0 Å². The smallest absolute Gasteiger partial charge is 0.133 e. The second kappa shape index (κ2) is 4.28. The van der Waals surface area contributed by atoms with Gasteiger partial charge < -0.3 is 5.32 Å². The van der Waals surface area contributed by atoms with Crippen LogP contribution >= 0.6 is 11.6 Å². The molecule has 0 unspecified atom stereocenters. The van der Waals surface area contributed by atoms with Crippen LogP contribution in [0.1, 0.15) is 36.4 Å². The first-order valence-electron chi connectivity index (χ1n) is 5.13. The van der Waals surface area contributed by atoms with Crippen LogP contribution in [0.2, 0.25) is 5.15 Å². The third kappa shape index (κ3) is 2.07. The minimum Gasteiger partial charge on any atom is -0.310 e. The van der Waals surface area contributed by atoms with Crippen molar-refractivity contribution in [2.75, 3.05) is 6.54 Å². The molecule has 1 aliphatic heterocycles. The van der Waals surface area contributed by atoms with Gasteiger partial charge in [-0.15, -0.1) is 0 Å². The predicted octanol–water partition coefficient (Wildman–Crippen LogP) is 2.86. The third-order valence-corrected chi connectivity index (χ3v) is 3.00. The highest BCUT2D eigenvalue weighted by molar-refractivity contribution is 6.30. The van der Waals surface area contributed by atoms with Crippen LogP contribution in [0.5, 0.6) is 0 Å². The average Bonchev–Trinajstić information content (AvgIpc) is 2.23. The summed E-state index contributed by atoms with van der Waals surface area (Å²) in [6.07, 6.45) is 5.54. The van der Waals surface area contributed by atoms with E-state index in [1.807, 2.05) is 6.20 Å². The van der Waals surface area contributed by atoms with Crippen molar-refractivity contribution in [3.8, 4) is 0 Å². The molecule has 0 spiro atoms. The summed E-state index contributed by atoms with van der Waals surface area (Å²) in [5.74, 6) is 0. The molecule has 2 heterocycles. The summed E-state index contributed by atoms with van der Waals surface area (Å²) < 4.78 is 0. The molecule has 1 atom stereocenters. The van der Waals surface area contributed by atoms with E-state index in [1.54, 1.807) is 0 Å². The number of aryl methyl sites for hydroxylation is 1. The summed E-state index contributed by atoms with van der Waals surface area (Å²) in [5.41, 5.74) is 2.34. The standard InChI is InChI=1S/C11H15ClN2/c1-8-6-9(11(12)14-7-8)10-4-2-3-5-13-10/h6-7,10,13H,2-5H2,1H3/t10-/m1/s1. The van der Waals surface area contributed by atoms with Gasteiger partial charge in [-0.3, -0.25) is 0 Å². The van der Waals surface area contributed by atoms with Crippen molar-refractivity contribution in [3.63, 3.8) is 0 Å². The van der Waals surface area contributed by atoms with E-state index in [2.05, 4.69) is 23.3 Å². The molecule has 76 valence electrons. The Hall–Kier alpha value is -0.600. The molecule has 3 heteroatoms. The first-order chi connectivity index (χ1) is 6.77. The van der Waals surface area contributed by atoms with Gasteiger partial charge in [0.25, 0.3) is 0 Å². The highest BCUT2D eigenvalue weighted by Gasteiger charge is 2.17. The van der Waals surface area contributed by atoms with Crippen LogP contribution in [0.4, 0.5) is 0 Å². The number of hydrogen-bond donors (Lipinski definition) is 1. The van der Waals surface area contributed by atoms with Crippen LogP contribution in [0.3, 0.4) is 0 Å². The van der Waals surface area contributed by atoms with E-state index < -0.39 is 0 Å². The van der Waals surface area contributed by atoms with Gasteiger partial charge in [-0.05, 0) is 37.9 Å². The zero-order valence-corrected chi connectivity index (χ0v) is 9.14. The van der Waals surface area contributed by atoms with Crippen LogP contribution < -0.4 is 5.32 Å². The Morgan fingerprint density at radius 1 is 1.50 bits per heavy atom. The van der Waals surface area contributed by atoms with E-state index in [1.165, 1.54) is 24.8 Å². The minimum atomic E-state index is 0.406. The lowest BCUT2D eigenvalue weighted by Crippen LogP contribution is -2.27. The summed E-state index contributed by atoms with van der Waals surface area (Å²) in [6, 6.07) is 2.54. The molecule has 1 N–H and O–H groups in total. The fourth-order valence-electron chi connectivity index (χ4n) is 1.94. The van der Waals surface area contributed by atoms with Gasteiger partial charge in [-0.2, -0.15) is 0 Å². The highest BCUT2D eigenvalue weighted by atomic mass is 35.5. The Labute approximate surface area is 89.7 Å². The van der Waals surface area contributed by atoms with Crippen molar-refractivity contribution in [2.24, 2.45) is 0 Å². The van der Waals surface area contributed by atoms with Gasteiger partial charge in [0, 0.05) is 17.8 Å². The SMILES string of the molecule is Cc1cnc(Cl)c([C@H]2CCCCN2)c1. The molecule has 14 heavy (non-hydrogen) atoms.